The average molecular weight is 218 g/mol. The summed E-state index contributed by atoms with van der Waals surface area (Å²) in [6.07, 6.45) is 3.60. The lowest BCUT2D eigenvalue weighted by molar-refractivity contribution is 0.415. The molecule has 0 amide bonds. The highest BCUT2D eigenvalue weighted by molar-refractivity contribution is 5.74. The summed E-state index contributed by atoms with van der Waals surface area (Å²) < 4.78 is 2.11. The third-order valence-electron chi connectivity index (χ3n) is 2.55. The van der Waals surface area contributed by atoms with Crippen molar-refractivity contribution in [3.8, 4) is 0 Å². The Labute approximate surface area is 95.7 Å². The van der Waals surface area contributed by atoms with Gasteiger partial charge in [0, 0.05) is 18.8 Å². The number of pyridine rings is 1. The predicted molar refractivity (Wildman–Crippen MR) is 65.1 cm³/mol. The zero-order chi connectivity index (χ0) is 11.8. The lowest BCUT2D eigenvalue weighted by atomic mass is 10.1. The van der Waals surface area contributed by atoms with Gasteiger partial charge >= 0.3 is 0 Å². The number of hydrogen-bond donors (Lipinski definition) is 1. The molecule has 0 spiro atoms. The van der Waals surface area contributed by atoms with Gasteiger partial charge in [0.05, 0.1) is 18.3 Å². The van der Waals surface area contributed by atoms with Gasteiger partial charge in [-0.2, -0.15) is 0 Å². The first-order valence-corrected chi connectivity index (χ1v) is 5.48. The van der Waals surface area contributed by atoms with Gasteiger partial charge in [-0.1, -0.05) is 0 Å². The van der Waals surface area contributed by atoms with E-state index in [0.29, 0.717) is 0 Å². The first-order valence-electron chi connectivity index (χ1n) is 5.48. The second kappa shape index (κ2) is 3.87. The summed E-state index contributed by atoms with van der Waals surface area (Å²) in [6.45, 7) is 7.22. The van der Waals surface area contributed by atoms with Gasteiger partial charge in [0.25, 0.3) is 0 Å². The number of hydrogen-bond acceptors (Lipinski definition) is 3. The fraction of sp³-hybridized carbons (Fsp3) is 0.500. The van der Waals surface area contributed by atoms with Gasteiger partial charge in [-0.05, 0) is 26.8 Å². The third-order valence-corrected chi connectivity index (χ3v) is 2.55. The van der Waals surface area contributed by atoms with Crippen molar-refractivity contribution >= 4 is 11.0 Å². The van der Waals surface area contributed by atoms with Crippen LogP contribution in [0, 0.1) is 0 Å². The first-order chi connectivity index (χ1) is 7.47. The molecule has 0 radical (unpaired) electrons. The largest absolute Gasteiger partial charge is 0.330 e. The van der Waals surface area contributed by atoms with Gasteiger partial charge < -0.3 is 9.88 Å². The number of aryl methyl sites for hydroxylation is 1. The summed E-state index contributed by atoms with van der Waals surface area (Å²) in [5.74, 6) is 1.04. The van der Waals surface area contributed by atoms with E-state index >= 15 is 0 Å². The molecule has 2 rings (SSSR count). The van der Waals surface area contributed by atoms with E-state index in [1.54, 1.807) is 12.4 Å². The van der Waals surface area contributed by atoms with Crippen LogP contribution in [0.4, 0.5) is 0 Å². The lowest BCUT2D eigenvalue weighted by Gasteiger charge is -2.20. The molecule has 0 saturated carbocycles. The Balaban J connectivity index is 2.28. The molecule has 0 saturated heterocycles. The number of imidazole rings is 1. The second-order valence-corrected chi connectivity index (χ2v) is 5.05. The smallest absolute Gasteiger partial charge is 0.123 e. The molecule has 0 aliphatic carbocycles. The van der Waals surface area contributed by atoms with Crippen molar-refractivity contribution in [2.75, 3.05) is 0 Å². The molecule has 16 heavy (non-hydrogen) atoms. The summed E-state index contributed by atoms with van der Waals surface area (Å²) in [5.41, 5.74) is 2.19. The van der Waals surface area contributed by atoms with E-state index in [9.17, 15) is 0 Å². The molecule has 2 heterocycles. The van der Waals surface area contributed by atoms with Gasteiger partial charge in [-0.25, -0.2) is 4.98 Å². The number of rotatable bonds is 2. The Bertz CT molecular complexity index is 493. The minimum Gasteiger partial charge on any atom is -0.330 e. The minimum atomic E-state index is 0.108. The van der Waals surface area contributed by atoms with Gasteiger partial charge in [0.1, 0.15) is 11.3 Å². The Morgan fingerprint density at radius 3 is 2.75 bits per heavy atom. The van der Waals surface area contributed by atoms with Gasteiger partial charge in [0.2, 0.25) is 0 Å². The van der Waals surface area contributed by atoms with Gasteiger partial charge in [0.15, 0.2) is 0 Å². The van der Waals surface area contributed by atoms with Crippen LogP contribution >= 0.6 is 0 Å². The van der Waals surface area contributed by atoms with E-state index in [4.69, 9.17) is 0 Å². The van der Waals surface area contributed by atoms with Crippen molar-refractivity contribution in [1.29, 1.82) is 0 Å². The molecular weight excluding hydrogens is 200 g/mol. The van der Waals surface area contributed by atoms with Crippen molar-refractivity contribution in [1.82, 2.24) is 19.9 Å². The van der Waals surface area contributed by atoms with Crippen LogP contribution in [0.3, 0.4) is 0 Å². The molecule has 0 aromatic carbocycles. The van der Waals surface area contributed by atoms with Crippen LogP contribution in [0.1, 0.15) is 26.6 Å². The lowest BCUT2D eigenvalue weighted by Crippen LogP contribution is -2.35. The van der Waals surface area contributed by atoms with Crippen LogP contribution in [-0.2, 0) is 13.6 Å². The number of aromatic nitrogens is 3. The third kappa shape index (κ3) is 2.22. The van der Waals surface area contributed by atoms with Crippen molar-refractivity contribution in [2.45, 2.75) is 32.9 Å². The maximum Gasteiger partial charge on any atom is 0.123 e. The molecule has 4 nitrogen and oxygen atoms in total. The maximum absolute atomic E-state index is 4.55. The molecule has 4 heteroatoms. The van der Waals surface area contributed by atoms with E-state index < -0.39 is 0 Å². The van der Waals surface area contributed by atoms with Crippen LogP contribution in [-0.4, -0.2) is 20.1 Å². The topological polar surface area (TPSA) is 42.7 Å². The van der Waals surface area contributed by atoms with E-state index in [-0.39, 0.29) is 5.54 Å². The van der Waals surface area contributed by atoms with Crippen LogP contribution in [0.5, 0.6) is 0 Å². The van der Waals surface area contributed by atoms with E-state index in [2.05, 4.69) is 40.6 Å². The van der Waals surface area contributed by atoms with Crippen LogP contribution in [0.25, 0.3) is 11.0 Å². The van der Waals surface area contributed by atoms with Crippen molar-refractivity contribution < 1.29 is 0 Å². The summed E-state index contributed by atoms with van der Waals surface area (Å²) in [5, 5.41) is 3.44. The molecule has 0 unspecified atom stereocenters. The standard InChI is InChI=1S/C12H18N4/c1-12(2,3)14-8-11-15-9-7-13-6-5-10(9)16(11)4/h5-7,14H,8H2,1-4H3. The van der Waals surface area contributed by atoms with E-state index in [0.717, 1.165) is 23.4 Å². The molecule has 0 aliphatic rings. The highest BCUT2D eigenvalue weighted by Crippen LogP contribution is 2.13. The molecular formula is C12H18N4. The monoisotopic (exact) mass is 218 g/mol. The zero-order valence-corrected chi connectivity index (χ0v) is 10.3. The Morgan fingerprint density at radius 1 is 1.38 bits per heavy atom. The molecule has 2 aromatic heterocycles. The molecule has 0 fully saturated rings. The zero-order valence-electron chi connectivity index (χ0n) is 10.3. The predicted octanol–water partition coefficient (Wildman–Crippen LogP) is 1.86. The average Bonchev–Trinajstić information content (AvgIpc) is 2.53. The van der Waals surface area contributed by atoms with E-state index in [1.165, 1.54) is 0 Å². The van der Waals surface area contributed by atoms with E-state index in [1.807, 2.05) is 13.1 Å². The van der Waals surface area contributed by atoms with Crippen molar-refractivity contribution in [2.24, 2.45) is 7.05 Å². The summed E-state index contributed by atoms with van der Waals surface area (Å²) >= 11 is 0. The highest BCUT2D eigenvalue weighted by Gasteiger charge is 2.12. The van der Waals surface area contributed by atoms with Gasteiger partial charge in [-0.15, -0.1) is 0 Å². The Kier molecular flexibility index (Phi) is 2.68. The second-order valence-electron chi connectivity index (χ2n) is 5.05. The fourth-order valence-corrected chi connectivity index (χ4v) is 1.60. The van der Waals surface area contributed by atoms with Crippen molar-refractivity contribution in [3.63, 3.8) is 0 Å². The van der Waals surface area contributed by atoms with Crippen LogP contribution in [0.2, 0.25) is 0 Å². The summed E-state index contributed by atoms with van der Waals surface area (Å²) in [4.78, 5) is 8.63. The number of nitrogens with zero attached hydrogens (tertiary/aromatic N) is 3. The quantitative estimate of drug-likeness (QED) is 0.836. The summed E-state index contributed by atoms with van der Waals surface area (Å²) in [7, 11) is 2.04. The molecule has 86 valence electrons. The maximum atomic E-state index is 4.55. The molecule has 0 bridgehead atoms. The van der Waals surface area contributed by atoms with Crippen molar-refractivity contribution in [3.05, 3.63) is 24.3 Å². The Hall–Kier alpha value is -1.42. The molecule has 0 aliphatic heterocycles. The fourth-order valence-electron chi connectivity index (χ4n) is 1.60. The first kappa shape index (κ1) is 11.1. The Morgan fingerprint density at radius 2 is 2.12 bits per heavy atom. The van der Waals surface area contributed by atoms with Crippen LogP contribution in [0.15, 0.2) is 18.5 Å². The van der Waals surface area contributed by atoms with Gasteiger partial charge in [-0.3, -0.25) is 4.98 Å². The molecule has 1 N–H and O–H groups in total. The number of nitrogens with one attached hydrogen (secondary N) is 1. The summed E-state index contributed by atoms with van der Waals surface area (Å²) in [6, 6.07) is 1.99. The minimum absolute atomic E-state index is 0.108. The molecule has 2 aromatic rings. The normalized spacial score (nSPS) is 12.2. The number of fused-ring (bicyclic) bond motifs is 1. The van der Waals surface area contributed by atoms with Crippen LogP contribution < -0.4 is 5.32 Å². The SMILES string of the molecule is Cn1c(CNC(C)(C)C)nc2cnccc21. The molecule has 0 atom stereocenters. The highest BCUT2D eigenvalue weighted by atomic mass is 15.1.